The smallest absolute Gasteiger partial charge is 0.223 e. The number of amides is 1. The summed E-state index contributed by atoms with van der Waals surface area (Å²) in [5.74, 6) is 0.123. The van der Waals surface area contributed by atoms with E-state index in [0.717, 1.165) is 18.7 Å². The highest BCUT2D eigenvalue weighted by molar-refractivity contribution is 5.91. The number of fused-ring (bicyclic) bond motifs is 1. The van der Waals surface area contributed by atoms with E-state index >= 15 is 0 Å². The lowest BCUT2D eigenvalue weighted by molar-refractivity contribution is -0.116. The summed E-state index contributed by atoms with van der Waals surface area (Å²) in [6.45, 7) is 4.62. The second kappa shape index (κ2) is 9.56. The number of carbonyl (C=O) groups is 1. The van der Waals surface area contributed by atoms with Crippen molar-refractivity contribution in [2.24, 2.45) is 0 Å². The highest BCUT2D eigenvalue weighted by Gasteiger charge is 2.09. The first-order valence-corrected chi connectivity index (χ1v) is 8.57. The molecule has 126 valence electrons. The van der Waals surface area contributed by atoms with Crippen LogP contribution in [0.25, 0.3) is 10.9 Å². The number of hydrogen-bond donors (Lipinski definition) is 1. The Morgan fingerprint density at radius 1 is 0.958 bits per heavy atom. The molecule has 0 aliphatic rings. The molecule has 0 spiro atoms. The predicted molar refractivity (Wildman–Crippen MR) is 102 cm³/mol. The SMILES string of the molecule is CCCCCN(C(C)=O)c1ccccc1.c1ccc2[nH]ccc2c1. The number of benzene rings is 2. The second-order valence-corrected chi connectivity index (χ2v) is 5.78. The molecule has 3 rings (SSSR count). The molecule has 24 heavy (non-hydrogen) atoms. The normalized spacial score (nSPS) is 10.1. The van der Waals surface area contributed by atoms with Gasteiger partial charge in [0.25, 0.3) is 0 Å². The number of rotatable bonds is 5. The Balaban J connectivity index is 0.000000194. The number of unbranched alkanes of at least 4 members (excludes halogenated alkanes) is 2. The van der Waals surface area contributed by atoms with Crippen LogP contribution in [-0.2, 0) is 4.79 Å². The molecule has 0 saturated heterocycles. The summed E-state index contributed by atoms with van der Waals surface area (Å²) >= 11 is 0. The Bertz CT molecular complexity index is 703. The quantitative estimate of drug-likeness (QED) is 0.627. The van der Waals surface area contributed by atoms with Gasteiger partial charge in [-0.25, -0.2) is 0 Å². The molecule has 1 aromatic heterocycles. The molecule has 0 saturated carbocycles. The van der Waals surface area contributed by atoms with Gasteiger partial charge in [0.1, 0.15) is 0 Å². The van der Waals surface area contributed by atoms with Crippen LogP contribution in [0.4, 0.5) is 5.69 Å². The second-order valence-electron chi connectivity index (χ2n) is 5.78. The van der Waals surface area contributed by atoms with Gasteiger partial charge in [0.15, 0.2) is 0 Å². The largest absolute Gasteiger partial charge is 0.361 e. The third kappa shape index (κ3) is 5.27. The fourth-order valence-corrected chi connectivity index (χ4v) is 2.59. The van der Waals surface area contributed by atoms with E-state index in [0.29, 0.717) is 0 Å². The molecule has 1 amide bonds. The van der Waals surface area contributed by atoms with Gasteiger partial charge in [-0.15, -0.1) is 0 Å². The topological polar surface area (TPSA) is 36.1 Å². The van der Waals surface area contributed by atoms with Crippen molar-refractivity contribution >= 4 is 22.5 Å². The van der Waals surface area contributed by atoms with Crippen LogP contribution in [0.5, 0.6) is 0 Å². The van der Waals surface area contributed by atoms with Gasteiger partial charge < -0.3 is 9.88 Å². The molecule has 0 atom stereocenters. The van der Waals surface area contributed by atoms with Gasteiger partial charge in [-0.2, -0.15) is 0 Å². The van der Waals surface area contributed by atoms with Crippen molar-refractivity contribution in [3.8, 4) is 0 Å². The summed E-state index contributed by atoms with van der Waals surface area (Å²) < 4.78 is 0. The van der Waals surface area contributed by atoms with Gasteiger partial charge in [-0.1, -0.05) is 56.2 Å². The van der Waals surface area contributed by atoms with Crippen molar-refractivity contribution < 1.29 is 4.79 Å². The lowest BCUT2D eigenvalue weighted by Gasteiger charge is -2.20. The standard InChI is InChI=1S/C13H19NO.C8H7N/c1-3-4-8-11-14(12(2)15)13-9-6-5-7-10-13;1-2-4-8-7(3-1)5-6-9-8/h5-7,9-10H,3-4,8,11H2,1-2H3;1-6,9H. The van der Waals surface area contributed by atoms with Crippen molar-refractivity contribution in [3.63, 3.8) is 0 Å². The molecule has 1 heterocycles. The minimum Gasteiger partial charge on any atom is -0.361 e. The van der Waals surface area contributed by atoms with Crippen LogP contribution in [0, 0.1) is 0 Å². The van der Waals surface area contributed by atoms with Crippen LogP contribution >= 0.6 is 0 Å². The van der Waals surface area contributed by atoms with Crippen molar-refractivity contribution in [3.05, 3.63) is 66.9 Å². The van der Waals surface area contributed by atoms with Crippen molar-refractivity contribution in [2.75, 3.05) is 11.4 Å². The van der Waals surface area contributed by atoms with E-state index in [9.17, 15) is 4.79 Å². The van der Waals surface area contributed by atoms with Crippen molar-refractivity contribution in [1.29, 1.82) is 0 Å². The highest BCUT2D eigenvalue weighted by Crippen LogP contribution is 2.14. The number of carbonyl (C=O) groups excluding carboxylic acids is 1. The summed E-state index contributed by atoms with van der Waals surface area (Å²) in [5.41, 5.74) is 2.21. The molecule has 0 aliphatic carbocycles. The van der Waals surface area contributed by atoms with Crippen molar-refractivity contribution in [1.82, 2.24) is 4.98 Å². The van der Waals surface area contributed by atoms with Crippen LogP contribution in [0.1, 0.15) is 33.1 Å². The fourth-order valence-electron chi connectivity index (χ4n) is 2.59. The number of hydrogen-bond acceptors (Lipinski definition) is 1. The van der Waals surface area contributed by atoms with E-state index in [2.05, 4.69) is 30.1 Å². The van der Waals surface area contributed by atoms with Crippen LogP contribution in [0.3, 0.4) is 0 Å². The number of para-hydroxylation sites is 2. The monoisotopic (exact) mass is 322 g/mol. The minimum absolute atomic E-state index is 0.123. The van der Waals surface area contributed by atoms with Gasteiger partial charge in [0, 0.05) is 30.9 Å². The molecular formula is C21H26N2O. The van der Waals surface area contributed by atoms with Crippen molar-refractivity contribution in [2.45, 2.75) is 33.1 Å². The van der Waals surface area contributed by atoms with Crippen LogP contribution in [0.15, 0.2) is 66.9 Å². The Morgan fingerprint density at radius 3 is 2.33 bits per heavy atom. The van der Waals surface area contributed by atoms with E-state index in [1.807, 2.05) is 53.6 Å². The Hall–Kier alpha value is -2.55. The Labute approximate surface area is 144 Å². The molecule has 2 aromatic carbocycles. The maximum Gasteiger partial charge on any atom is 0.223 e. The predicted octanol–water partition coefficient (Wildman–Crippen LogP) is 5.40. The summed E-state index contributed by atoms with van der Waals surface area (Å²) in [6.07, 6.45) is 5.38. The van der Waals surface area contributed by atoms with Gasteiger partial charge in [0.2, 0.25) is 5.91 Å². The Kier molecular flexibility index (Phi) is 7.09. The maximum atomic E-state index is 11.5. The summed E-state index contributed by atoms with van der Waals surface area (Å²) in [5, 5.41) is 1.28. The molecule has 0 radical (unpaired) electrons. The molecule has 0 bridgehead atoms. The van der Waals surface area contributed by atoms with Gasteiger partial charge in [-0.3, -0.25) is 4.79 Å². The Morgan fingerprint density at radius 2 is 1.67 bits per heavy atom. The first-order valence-electron chi connectivity index (χ1n) is 8.57. The first kappa shape index (κ1) is 17.8. The zero-order chi connectivity index (χ0) is 17.2. The highest BCUT2D eigenvalue weighted by atomic mass is 16.2. The average molecular weight is 322 g/mol. The number of anilines is 1. The maximum absolute atomic E-state index is 11.5. The lowest BCUT2D eigenvalue weighted by atomic mass is 10.2. The van der Waals surface area contributed by atoms with Gasteiger partial charge in [-0.05, 0) is 36.1 Å². The van der Waals surface area contributed by atoms with E-state index in [1.54, 1.807) is 6.92 Å². The fraction of sp³-hybridized carbons (Fsp3) is 0.286. The average Bonchev–Trinajstić information content (AvgIpc) is 3.08. The molecule has 0 unspecified atom stereocenters. The van der Waals surface area contributed by atoms with Crippen LogP contribution in [0.2, 0.25) is 0 Å². The molecule has 3 nitrogen and oxygen atoms in total. The van der Waals surface area contributed by atoms with E-state index in [-0.39, 0.29) is 5.91 Å². The summed E-state index contributed by atoms with van der Waals surface area (Å²) in [6, 6.07) is 20.1. The minimum atomic E-state index is 0.123. The van der Waals surface area contributed by atoms with E-state index in [1.165, 1.54) is 23.7 Å². The number of nitrogens with zero attached hydrogens (tertiary/aromatic N) is 1. The van der Waals surface area contributed by atoms with E-state index in [4.69, 9.17) is 0 Å². The zero-order valence-electron chi connectivity index (χ0n) is 14.5. The summed E-state index contributed by atoms with van der Waals surface area (Å²) in [7, 11) is 0. The van der Waals surface area contributed by atoms with E-state index < -0.39 is 0 Å². The van der Waals surface area contributed by atoms with Crippen LogP contribution < -0.4 is 4.90 Å². The number of nitrogens with one attached hydrogen (secondary N) is 1. The summed E-state index contributed by atoms with van der Waals surface area (Å²) in [4.78, 5) is 16.4. The third-order valence-electron chi connectivity index (χ3n) is 3.90. The molecule has 3 aromatic rings. The van der Waals surface area contributed by atoms with Gasteiger partial charge in [0.05, 0.1) is 0 Å². The first-order chi connectivity index (χ1) is 11.7. The molecule has 0 fully saturated rings. The van der Waals surface area contributed by atoms with Gasteiger partial charge >= 0.3 is 0 Å². The molecular weight excluding hydrogens is 296 g/mol. The number of H-pyrrole nitrogens is 1. The molecule has 0 aliphatic heterocycles. The third-order valence-corrected chi connectivity index (χ3v) is 3.90. The van der Waals surface area contributed by atoms with Crippen LogP contribution in [-0.4, -0.2) is 17.4 Å². The molecule has 3 heteroatoms. The zero-order valence-corrected chi connectivity index (χ0v) is 14.5. The number of aromatic amines is 1. The lowest BCUT2D eigenvalue weighted by Crippen LogP contribution is -2.29. The molecule has 1 N–H and O–H groups in total. The number of aromatic nitrogens is 1.